The lowest BCUT2D eigenvalue weighted by Crippen LogP contribution is -2.41. The molecular formula is C5H11F2NO. The van der Waals surface area contributed by atoms with Crippen molar-refractivity contribution in [2.75, 3.05) is 13.7 Å². The van der Waals surface area contributed by atoms with Crippen molar-refractivity contribution in [1.29, 1.82) is 0 Å². The number of alkyl halides is 2. The first kappa shape index (κ1) is 8.78. The van der Waals surface area contributed by atoms with Crippen LogP contribution < -0.4 is 5.73 Å². The van der Waals surface area contributed by atoms with Crippen LogP contribution in [-0.2, 0) is 4.74 Å². The Morgan fingerprint density at radius 3 is 2.22 bits per heavy atom. The average molecular weight is 139 g/mol. The highest BCUT2D eigenvalue weighted by atomic mass is 19.3. The second kappa shape index (κ2) is 3.08. The molecule has 0 bridgehead atoms. The van der Waals surface area contributed by atoms with Gasteiger partial charge in [0.1, 0.15) is 0 Å². The van der Waals surface area contributed by atoms with Crippen molar-refractivity contribution < 1.29 is 13.5 Å². The van der Waals surface area contributed by atoms with E-state index in [2.05, 4.69) is 4.74 Å². The van der Waals surface area contributed by atoms with Gasteiger partial charge in [0.05, 0.1) is 12.6 Å². The van der Waals surface area contributed by atoms with Crippen LogP contribution in [0.25, 0.3) is 0 Å². The van der Waals surface area contributed by atoms with Crippen LogP contribution in [0.3, 0.4) is 0 Å². The average Bonchev–Trinajstić information content (AvgIpc) is 1.64. The van der Waals surface area contributed by atoms with E-state index in [0.29, 0.717) is 0 Å². The fraction of sp³-hybridized carbons (Fsp3) is 1.00. The molecule has 0 aromatic heterocycles. The molecule has 2 nitrogen and oxygen atoms in total. The molecule has 56 valence electrons. The lowest BCUT2D eigenvalue weighted by molar-refractivity contribution is -0.0288. The topological polar surface area (TPSA) is 35.2 Å². The van der Waals surface area contributed by atoms with E-state index in [1.54, 1.807) is 0 Å². The van der Waals surface area contributed by atoms with Crippen LogP contribution in [0.15, 0.2) is 0 Å². The Morgan fingerprint density at radius 1 is 1.67 bits per heavy atom. The molecule has 1 atom stereocenters. The van der Waals surface area contributed by atoms with Gasteiger partial charge in [0.25, 0.3) is 5.92 Å². The van der Waals surface area contributed by atoms with E-state index >= 15 is 0 Å². The minimum atomic E-state index is -2.84. The molecule has 9 heavy (non-hydrogen) atoms. The van der Waals surface area contributed by atoms with Crippen molar-refractivity contribution in [1.82, 2.24) is 0 Å². The predicted molar refractivity (Wildman–Crippen MR) is 30.5 cm³/mol. The molecular weight excluding hydrogens is 128 g/mol. The van der Waals surface area contributed by atoms with E-state index in [4.69, 9.17) is 5.73 Å². The standard InChI is InChI=1S/C5H11F2NO/c1-5(6,7)4(8)3-9-2/h4H,3,8H2,1-2H3/t4-/m0/s1. The maximum Gasteiger partial charge on any atom is 0.262 e. The molecule has 0 unspecified atom stereocenters. The van der Waals surface area contributed by atoms with Crippen LogP contribution in [-0.4, -0.2) is 25.7 Å². The summed E-state index contributed by atoms with van der Waals surface area (Å²) in [6.07, 6.45) is 0. The molecule has 0 saturated carbocycles. The molecule has 0 fully saturated rings. The number of hydrogen-bond donors (Lipinski definition) is 1. The molecule has 0 rings (SSSR count). The molecule has 4 heteroatoms. The van der Waals surface area contributed by atoms with E-state index in [1.165, 1.54) is 7.11 Å². The Kier molecular flexibility index (Phi) is 3.00. The Hall–Kier alpha value is -0.220. The molecule has 0 aliphatic rings. The first-order valence-electron chi connectivity index (χ1n) is 2.61. The van der Waals surface area contributed by atoms with Crippen LogP contribution in [0.5, 0.6) is 0 Å². The van der Waals surface area contributed by atoms with E-state index < -0.39 is 12.0 Å². The number of hydrogen-bond acceptors (Lipinski definition) is 2. The Morgan fingerprint density at radius 2 is 2.11 bits per heavy atom. The molecule has 0 aliphatic heterocycles. The van der Waals surface area contributed by atoms with E-state index in [-0.39, 0.29) is 6.61 Å². The van der Waals surface area contributed by atoms with Gasteiger partial charge in [0.2, 0.25) is 0 Å². The normalized spacial score (nSPS) is 15.7. The SMILES string of the molecule is COC[C@H](N)C(C)(F)F. The van der Waals surface area contributed by atoms with Crippen molar-refractivity contribution in [2.24, 2.45) is 5.73 Å². The molecule has 0 aliphatic carbocycles. The molecule has 0 amide bonds. The summed E-state index contributed by atoms with van der Waals surface area (Å²) in [5, 5.41) is 0. The number of methoxy groups -OCH3 is 1. The number of ether oxygens (including phenoxy) is 1. The number of nitrogens with two attached hydrogens (primary N) is 1. The van der Waals surface area contributed by atoms with Gasteiger partial charge >= 0.3 is 0 Å². The molecule has 0 aromatic rings. The van der Waals surface area contributed by atoms with Crippen LogP contribution in [0.2, 0.25) is 0 Å². The molecule has 2 N–H and O–H groups in total. The number of rotatable bonds is 3. The van der Waals surface area contributed by atoms with Crippen molar-refractivity contribution in [2.45, 2.75) is 18.9 Å². The van der Waals surface area contributed by atoms with E-state index in [0.717, 1.165) is 6.92 Å². The van der Waals surface area contributed by atoms with Crippen molar-refractivity contribution in [3.05, 3.63) is 0 Å². The summed E-state index contributed by atoms with van der Waals surface area (Å²) >= 11 is 0. The summed E-state index contributed by atoms with van der Waals surface area (Å²) in [4.78, 5) is 0. The molecule has 0 heterocycles. The third-order valence-corrected chi connectivity index (χ3v) is 0.997. The second-order valence-corrected chi connectivity index (χ2v) is 2.02. The summed E-state index contributed by atoms with van der Waals surface area (Å²) in [7, 11) is 1.34. The largest absolute Gasteiger partial charge is 0.383 e. The molecule has 0 saturated heterocycles. The zero-order chi connectivity index (χ0) is 7.49. The predicted octanol–water partition coefficient (Wildman–Crippen LogP) is 0.615. The first-order chi connectivity index (χ1) is 3.98. The van der Waals surface area contributed by atoms with Crippen LogP contribution in [0.4, 0.5) is 8.78 Å². The zero-order valence-corrected chi connectivity index (χ0v) is 5.53. The fourth-order valence-electron chi connectivity index (χ4n) is 0.326. The minimum Gasteiger partial charge on any atom is -0.383 e. The number of halogens is 2. The van der Waals surface area contributed by atoms with Gasteiger partial charge in [-0.15, -0.1) is 0 Å². The van der Waals surface area contributed by atoms with Crippen molar-refractivity contribution in [3.63, 3.8) is 0 Å². The van der Waals surface area contributed by atoms with Gasteiger partial charge in [-0.25, -0.2) is 8.78 Å². The highest BCUT2D eigenvalue weighted by Gasteiger charge is 2.30. The lowest BCUT2D eigenvalue weighted by atomic mass is 10.2. The molecule has 0 aromatic carbocycles. The highest BCUT2D eigenvalue weighted by molar-refractivity contribution is 4.74. The van der Waals surface area contributed by atoms with Gasteiger partial charge in [-0.3, -0.25) is 0 Å². The smallest absolute Gasteiger partial charge is 0.262 e. The van der Waals surface area contributed by atoms with Gasteiger partial charge in [-0.05, 0) is 0 Å². The van der Waals surface area contributed by atoms with E-state index in [1.807, 2.05) is 0 Å². The van der Waals surface area contributed by atoms with Gasteiger partial charge < -0.3 is 10.5 Å². The summed E-state index contributed by atoms with van der Waals surface area (Å²) in [5.41, 5.74) is 4.99. The van der Waals surface area contributed by atoms with Crippen LogP contribution in [0.1, 0.15) is 6.92 Å². The Balaban J connectivity index is 3.59. The summed E-state index contributed by atoms with van der Waals surface area (Å²) in [6, 6.07) is -1.19. The van der Waals surface area contributed by atoms with E-state index in [9.17, 15) is 8.78 Å². The first-order valence-corrected chi connectivity index (χ1v) is 2.61. The summed E-state index contributed by atoms with van der Waals surface area (Å²) < 4.78 is 28.6. The Labute approximate surface area is 53.0 Å². The Bertz CT molecular complexity index is 81.5. The van der Waals surface area contributed by atoms with Crippen molar-refractivity contribution >= 4 is 0 Å². The summed E-state index contributed by atoms with van der Waals surface area (Å²) in [6.45, 7) is 0.667. The highest BCUT2D eigenvalue weighted by Crippen LogP contribution is 2.14. The zero-order valence-electron chi connectivity index (χ0n) is 5.53. The third kappa shape index (κ3) is 3.37. The van der Waals surface area contributed by atoms with Crippen LogP contribution in [0, 0.1) is 0 Å². The van der Waals surface area contributed by atoms with Gasteiger partial charge in [0.15, 0.2) is 0 Å². The van der Waals surface area contributed by atoms with Gasteiger partial charge in [-0.2, -0.15) is 0 Å². The lowest BCUT2D eigenvalue weighted by Gasteiger charge is -2.17. The fourth-order valence-corrected chi connectivity index (χ4v) is 0.326. The van der Waals surface area contributed by atoms with Crippen molar-refractivity contribution in [3.8, 4) is 0 Å². The monoisotopic (exact) mass is 139 g/mol. The van der Waals surface area contributed by atoms with Gasteiger partial charge in [0, 0.05) is 14.0 Å². The maximum atomic E-state index is 12.1. The second-order valence-electron chi connectivity index (χ2n) is 2.02. The molecule has 0 radical (unpaired) electrons. The van der Waals surface area contributed by atoms with Crippen LogP contribution >= 0.6 is 0 Å². The molecule has 0 spiro atoms. The minimum absolute atomic E-state index is 0.108. The quantitative estimate of drug-likeness (QED) is 0.622. The van der Waals surface area contributed by atoms with Gasteiger partial charge in [-0.1, -0.05) is 0 Å². The maximum absolute atomic E-state index is 12.1. The summed E-state index contributed by atoms with van der Waals surface area (Å²) in [5.74, 6) is -2.84. The third-order valence-electron chi connectivity index (χ3n) is 0.997.